The van der Waals surface area contributed by atoms with E-state index in [9.17, 15) is 19.5 Å². The van der Waals surface area contributed by atoms with Gasteiger partial charge in [-0.25, -0.2) is 4.39 Å². The number of aliphatic hydroxyl groups excluding tert-OH is 1. The van der Waals surface area contributed by atoms with Gasteiger partial charge in [0.15, 0.2) is 23.8 Å². The van der Waals surface area contributed by atoms with Gasteiger partial charge in [-0.05, 0) is 62.7 Å². The predicted octanol–water partition coefficient (Wildman–Crippen LogP) is 2.85. The van der Waals surface area contributed by atoms with Crippen molar-refractivity contribution in [1.82, 2.24) is 0 Å². The molecule has 4 fully saturated rings. The summed E-state index contributed by atoms with van der Waals surface area (Å²) in [6.45, 7) is 8.10. The summed E-state index contributed by atoms with van der Waals surface area (Å²) in [7, 11) is 0. The third-order valence-electron chi connectivity index (χ3n) is 9.29. The lowest BCUT2D eigenvalue weighted by Crippen LogP contribution is -2.64. The third kappa shape index (κ3) is 3.00. The molecule has 34 heavy (non-hydrogen) atoms. The van der Waals surface area contributed by atoms with E-state index in [-0.39, 0.29) is 36.4 Å². The highest BCUT2D eigenvalue weighted by Crippen LogP contribution is 2.70. The zero-order valence-electron chi connectivity index (χ0n) is 20.3. The lowest BCUT2D eigenvalue weighted by Gasteiger charge is -2.60. The summed E-state index contributed by atoms with van der Waals surface area (Å²) in [5.74, 6) is -2.94. The zero-order valence-corrected chi connectivity index (χ0v) is 20.3. The number of alkyl halides is 1. The number of halogens is 1. The van der Waals surface area contributed by atoms with E-state index < -0.39 is 59.0 Å². The molecule has 5 aliphatic rings. The van der Waals surface area contributed by atoms with E-state index in [1.165, 1.54) is 19.1 Å². The van der Waals surface area contributed by atoms with Crippen molar-refractivity contribution in [3.63, 3.8) is 0 Å². The number of rotatable bonds is 3. The van der Waals surface area contributed by atoms with E-state index in [1.54, 1.807) is 19.9 Å². The maximum Gasteiger partial charge on any atom is 0.303 e. The van der Waals surface area contributed by atoms with Crippen LogP contribution in [0, 0.1) is 28.6 Å². The quantitative estimate of drug-likeness (QED) is 0.626. The molecule has 1 saturated heterocycles. The number of carbonyl (C=O) groups excluding carboxylic acids is 3. The van der Waals surface area contributed by atoms with Crippen LogP contribution in [0.4, 0.5) is 4.39 Å². The van der Waals surface area contributed by atoms with E-state index >= 15 is 4.39 Å². The second-order valence-corrected chi connectivity index (χ2v) is 11.6. The van der Waals surface area contributed by atoms with Crippen LogP contribution >= 0.6 is 0 Å². The van der Waals surface area contributed by atoms with Gasteiger partial charge < -0.3 is 19.3 Å². The fraction of sp³-hybridized carbons (Fsp3) is 0.731. The average molecular weight is 477 g/mol. The van der Waals surface area contributed by atoms with Crippen molar-refractivity contribution in [3.8, 4) is 0 Å². The average Bonchev–Trinajstić information content (AvgIpc) is 3.13. The number of hydrogen-bond donors (Lipinski definition) is 1. The van der Waals surface area contributed by atoms with Crippen LogP contribution in [0.3, 0.4) is 0 Å². The molecule has 7 nitrogen and oxygen atoms in total. The molecule has 0 spiro atoms. The highest BCUT2D eigenvalue weighted by atomic mass is 19.1. The highest BCUT2D eigenvalue weighted by Gasteiger charge is 2.77. The number of aliphatic hydroxyl groups is 1. The van der Waals surface area contributed by atoms with Gasteiger partial charge in [-0.3, -0.25) is 14.4 Å². The predicted molar refractivity (Wildman–Crippen MR) is 118 cm³/mol. The normalized spacial score (nSPS) is 48.3. The van der Waals surface area contributed by atoms with Gasteiger partial charge in [-0.2, -0.15) is 0 Å². The smallest absolute Gasteiger partial charge is 0.303 e. The second-order valence-electron chi connectivity index (χ2n) is 11.6. The summed E-state index contributed by atoms with van der Waals surface area (Å²) in [6.07, 6.45) is 2.70. The van der Waals surface area contributed by atoms with Gasteiger partial charge in [-0.1, -0.05) is 19.9 Å². The van der Waals surface area contributed by atoms with Crippen LogP contribution in [0.5, 0.6) is 0 Å². The molecule has 0 aromatic carbocycles. The number of ether oxygens (including phenoxy) is 3. The van der Waals surface area contributed by atoms with Crippen LogP contribution in [-0.2, 0) is 28.6 Å². The van der Waals surface area contributed by atoms with Gasteiger partial charge in [0.1, 0.15) is 6.17 Å². The molecule has 0 bridgehead atoms. The molecule has 3 saturated carbocycles. The van der Waals surface area contributed by atoms with Crippen LogP contribution in [0.2, 0.25) is 0 Å². The van der Waals surface area contributed by atoms with Crippen LogP contribution in [0.1, 0.15) is 53.9 Å². The Hall–Kier alpha value is -1.90. The van der Waals surface area contributed by atoms with Crippen molar-refractivity contribution in [1.29, 1.82) is 0 Å². The van der Waals surface area contributed by atoms with Crippen LogP contribution < -0.4 is 0 Å². The van der Waals surface area contributed by atoms with Crippen molar-refractivity contribution in [2.45, 2.75) is 83.6 Å². The topological polar surface area (TPSA) is 99.1 Å². The first-order chi connectivity index (χ1) is 15.7. The molecule has 4 aliphatic carbocycles. The summed E-state index contributed by atoms with van der Waals surface area (Å²) < 4.78 is 33.2. The molecule has 1 N–H and O–H groups in total. The summed E-state index contributed by atoms with van der Waals surface area (Å²) in [5.41, 5.74) is -2.63. The fourth-order valence-corrected chi connectivity index (χ4v) is 8.21. The minimum atomic E-state index is -1.41. The fourth-order valence-electron chi connectivity index (χ4n) is 8.21. The number of Topliss-reactive ketones (excluding diaryl/α,β-unsaturated/α-hetero) is 1. The third-order valence-corrected chi connectivity index (χ3v) is 9.29. The first kappa shape index (κ1) is 23.8. The van der Waals surface area contributed by atoms with Gasteiger partial charge in [0.2, 0.25) is 5.78 Å². The zero-order chi connectivity index (χ0) is 24.8. The van der Waals surface area contributed by atoms with Gasteiger partial charge in [0.05, 0.1) is 12.2 Å². The monoisotopic (exact) mass is 476 g/mol. The van der Waals surface area contributed by atoms with Gasteiger partial charge in [0.25, 0.3) is 0 Å². The Bertz CT molecular complexity index is 1020. The van der Waals surface area contributed by atoms with Crippen LogP contribution in [0.15, 0.2) is 23.8 Å². The molecule has 0 aromatic rings. The SMILES string of the molecule is CC(=O)OCC(=O)[C@@]12OC(C)(C)OC1C[C@H]1[C@@H]3C[C@H](F)C4=CC(=O)C=C[C@]4(C)[C@H]3[C@@H](O)C[C@@]12C. The lowest BCUT2D eigenvalue weighted by atomic mass is 9.46. The van der Waals surface area contributed by atoms with E-state index in [1.807, 2.05) is 13.8 Å². The molecule has 0 radical (unpaired) electrons. The Kier molecular flexibility index (Phi) is 5.12. The number of hydrogen-bond acceptors (Lipinski definition) is 7. The summed E-state index contributed by atoms with van der Waals surface area (Å²) in [5, 5.41) is 11.6. The van der Waals surface area contributed by atoms with Crippen LogP contribution in [0.25, 0.3) is 0 Å². The second kappa shape index (κ2) is 7.31. The molecule has 1 aliphatic heterocycles. The molecule has 0 amide bonds. The first-order valence-electron chi connectivity index (χ1n) is 12.1. The van der Waals surface area contributed by atoms with Gasteiger partial charge in [0, 0.05) is 23.7 Å². The maximum atomic E-state index is 15.6. The Morgan fingerprint density at radius 3 is 2.62 bits per heavy atom. The Labute approximate surface area is 198 Å². The van der Waals surface area contributed by atoms with Gasteiger partial charge in [-0.15, -0.1) is 0 Å². The number of ketones is 2. The number of fused-ring (bicyclic) bond motifs is 7. The van der Waals surface area contributed by atoms with E-state index in [4.69, 9.17) is 14.2 Å². The van der Waals surface area contributed by atoms with Crippen molar-refractivity contribution in [2.75, 3.05) is 6.61 Å². The maximum absolute atomic E-state index is 15.6. The van der Waals surface area contributed by atoms with Crippen molar-refractivity contribution < 1.29 is 38.1 Å². The summed E-state index contributed by atoms with van der Waals surface area (Å²) in [6, 6.07) is 0. The molecule has 1 heterocycles. The lowest BCUT2D eigenvalue weighted by molar-refractivity contribution is -0.227. The Balaban J connectivity index is 1.58. The molecule has 0 aromatic heterocycles. The van der Waals surface area contributed by atoms with Crippen LogP contribution in [-0.4, -0.2) is 59.0 Å². The van der Waals surface area contributed by atoms with Crippen molar-refractivity contribution >= 4 is 17.5 Å². The molecule has 5 rings (SSSR count). The molecule has 186 valence electrons. The van der Waals surface area contributed by atoms with E-state index in [0.29, 0.717) is 12.0 Å². The Morgan fingerprint density at radius 1 is 1.24 bits per heavy atom. The number of allylic oxidation sites excluding steroid dienone is 4. The van der Waals surface area contributed by atoms with Crippen molar-refractivity contribution in [2.24, 2.45) is 28.6 Å². The minimum absolute atomic E-state index is 0.161. The molecular weight excluding hydrogens is 443 g/mol. The molecule has 9 atom stereocenters. The molecule has 1 unspecified atom stereocenters. The number of esters is 1. The first-order valence-corrected chi connectivity index (χ1v) is 12.1. The molecular formula is C26H33FO7. The number of carbonyl (C=O) groups is 3. The largest absolute Gasteiger partial charge is 0.458 e. The van der Waals surface area contributed by atoms with Crippen molar-refractivity contribution in [3.05, 3.63) is 23.8 Å². The standard InChI is InChI=1S/C26H33FO7/c1-13(28)32-12-20(31)26-21(33-23(2,3)34-26)10-16-15-9-18(27)17-8-14(29)6-7-24(17,4)22(15)19(30)11-25(16,26)5/h6-8,15-16,18-19,21-22,30H,9-12H2,1-5H3/t15-,16-,18-,19-,21?,22+,24-,25-,26+/m0/s1. The van der Waals surface area contributed by atoms with Gasteiger partial charge >= 0.3 is 5.97 Å². The van der Waals surface area contributed by atoms with E-state index in [0.717, 1.165) is 0 Å². The highest BCUT2D eigenvalue weighted by molar-refractivity contribution is 6.01. The minimum Gasteiger partial charge on any atom is -0.458 e. The molecule has 8 heteroatoms. The van der Waals surface area contributed by atoms with E-state index in [2.05, 4.69) is 0 Å². The Morgan fingerprint density at radius 2 is 1.94 bits per heavy atom. The summed E-state index contributed by atoms with van der Waals surface area (Å²) >= 11 is 0. The summed E-state index contributed by atoms with van der Waals surface area (Å²) in [4.78, 5) is 37.1.